The van der Waals surface area contributed by atoms with E-state index in [1.54, 1.807) is 0 Å². The van der Waals surface area contributed by atoms with E-state index in [9.17, 15) is 0 Å². The molecule has 0 radical (unpaired) electrons. The van der Waals surface area contributed by atoms with Gasteiger partial charge in [0, 0.05) is 35.8 Å². The average molecular weight is 355 g/mol. The summed E-state index contributed by atoms with van der Waals surface area (Å²) < 4.78 is 7.15. The van der Waals surface area contributed by atoms with Gasteiger partial charge in [-0.3, -0.25) is 0 Å². The Morgan fingerprint density at radius 1 is 1.43 bits per heavy atom. The molecule has 2 rings (SSSR count). The Morgan fingerprint density at radius 2 is 2.14 bits per heavy atom. The van der Waals surface area contributed by atoms with Gasteiger partial charge in [0.1, 0.15) is 0 Å². The Balaban J connectivity index is 2.25. The minimum Gasteiger partial charge on any atom is -0.369 e. The van der Waals surface area contributed by atoms with Crippen LogP contribution in [0.2, 0.25) is 0 Å². The molecule has 1 aliphatic heterocycles. The van der Waals surface area contributed by atoms with Crippen molar-refractivity contribution in [3.63, 3.8) is 0 Å². The van der Waals surface area contributed by atoms with Crippen molar-refractivity contribution in [3.05, 3.63) is 28.2 Å². The molecule has 1 unspecified atom stereocenters. The van der Waals surface area contributed by atoms with E-state index in [2.05, 4.69) is 79.0 Å². The first-order valence-corrected chi connectivity index (χ1v) is 8.51. The minimum absolute atomic E-state index is 0.104. The minimum atomic E-state index is -0.104. The smallest absolute Gasteiger partial charge is 0.0805 e. The highest BCUT2D eigenvalue weighted by Crippen LogP contribution is 2.30. The van der Waals surface area contributed by atoms with Gasteiger partial charge >= 0.3 is 0 Å². The van der Waals surface area contributed by atoms with Crippen LogP contribution in [-0.2, 0) is 11.3 Å². The first-order chi connectivity index (χ1) is 9.77. The fraction of sp³-hybridized carbons (Fsp3) is 0.647. The van der Waals surface area contributed by atoms with Crippen molar-refractivity contribution in [2.45, 2.75) is 58.9 Å². The molecule has 4 heteroatoms. The number of nitrogens with one attached hydrogen (secondary N) is 1. The summed E-state index contributed by atoms with van der Waals surface area (Å²) >= 11 is 3.59. The van der Waals surface area contributed by atoms with Gasteiger partial charge in [-0.25, -0.2) is 0 Å². The molecular weight excluding hydrogens is 328 g/mol. The number of hydrogen-bond donors (Lipinski definition) is 1. The molecule has 1 N–H and O–H groups in total. The summed E-state index contributed by atoms with van der Waals surface area (Å²) in [7, 11) is 0. The van der Waals surface area contributed by atoms with Crippen LogP contribution in [0.25, 0.3) is 0 Å². The van der Waals surface area contributed by atoms with Crippen molar-refractivity contribution < 1.29 is 4.74 Å². The van der Waals surface area contributed by atoms with Gasteiger partial charge in [0.2, 0.25) is 0 Å². The maximum atomic E-state index is 6.02. The Morgan fingerprint density at radius 3 is 2.76 bits per heavy atom. The Bertz CT molecular complexity index is 488. The molecule has 1 aromatic rings. The van der Waals surface area contributed by atoms with Gasteiger partial charge in [0.25, 0.3) is 0 Å². The molecule has 0 aromatic heterocycles. The van der Waals surface area contributed by atoms with Crippen LogP contribution in [0.15, 0.2) is 22.7 Å². The predicted molar refractivity (Wildman–Crippen MR) is 93.0 cm³/mol. The summed E-state index contributed by atoms with van der Waals surface area (Å²) in [6, 6.07) is 7.05. The van der Waals surface area contributed by atoms with E-state index in [0.717, 1.165) is 24.1 Å². The van der Waals surface area contributed by atoms with Gasteiger partial charge in [-0.05, 0) is 44.5 Å². The first kappa shape index (κ1) is 16.8. The van der Waals surface area contributed by atoms with Crippen LogP contribution in [0, 0.1) is 0 Å². The van der Waals surface area contributed by atoms with Crippen LogP contribution in [-0.4, -0.2) is 30.8 Å². The van der Waals surface area contributed by atoms with E-state index in [0.29, 0.717) is 6.04 Å². The third kappa shape index (κ3) is 4.70. The Kier molecular flexibility index (Phi) is 5.33. The lowest BCUT2D eigenvalue weighted by molar-refractivity contribution is -0.0750. The molecule has 1 saturated heterocycles. The molecule has 118 valence electrons. The molecule has 0 aliphatic carbocycles. The summed E-state index contributed by atoms with van der Waals surface area (Å²) in [6.45, 7) is 13.6. The van der Waals surface area contributed by atoms with Gasteiger partial charge in [-0.2, -0.15) is 0 Å². The fourth-order valence-corrected chi connectivity index (χ4v) is 3.36. The largest absolute Gasteiger partial charge is 0.369 e. The van der Waals surface area contributed by atoms with Crippen LogP contribution in [0.1, 0.15) is 40.2 Å². The van der Waals surface area contributed by atoms with E-state index in [1.165, 1.54) is 11.3 Å². The Hall–Kier alpha value is -0.580. The van der Waals surface area contributed by atoms with Crippen molar-refractivity contribution >= 4 is 21.6 Å². The van der Waals surface area contributed by atoms with Crippen molar-refractivity contribution in [1.29, 1.82) is 0 Å². The molecule has 0 bridgehead atoms. The lowest BCUT2D eigenvalue weighted by Crippen LogP contribution is -2.52. The fourth-order valence-electron chi connectivity index (χ4n) is 2.96. The van der Waals surface area contributed by atoms with E-state index < -0.39 is 0 Å². The maximum absolute atomic E-state index is 6.02. The van der Waals surface area contributed by atoms with E-state index in [1.807, 2.05) is 0 Å². The summed E-state index contributed by atoms with van der Waals surface area (Å²) in [6.07, 6.45) is 0.253. The van der Waals surface area contributed by atoms with E-state index in [4.69, 9.17) is 4.74 Å². The van der Waals surface area contributed by atoms with Crippen molar-refractivity contribution in [1.82, 2.24) is 5.32 Å². The molecule has 0 amide bonds. The highest BCUT2D eigenvalue weighted by atomic mass is 79.9. The maximum Gasteiger partial charge on any atom is 0.0805 e. The predicted octanol–water partition coefficient (Wildman–Crippen LogP) is 3.95. The van der Waals surface area contributed by atoms with E-state index in [-0.39, 0.29) is 11.7 Å². The highest BCUT2D eigenvalue weighted by molar-refractivity contribution is 9.10. The number of ether oxygens (including phenoxy) is 1. The van der Waals surface area contributed by atoms with Crippen LogP contribution >= 0.6 is 15.9 Å². The average Bonchev–Trinajstić information content (AvgIpc) is 2.33. The molecule has 21 heavy (non-hydrogen) atoms. The van der Waals surface area contributed by atoms with Crippen LogP contribution in [0.3, 0.4) is 0 Å². The number of rotatable bonds is 4. The molecule has 1 atom stereocenters. The van der Waals surface area contributed by atoms with Gasteiger partial charge < -0.3 is 15.0 Å². The van der Waals surface area contributed by atoms with Gasteiger partial charge in [-0.1, -0.05) is 29.8 Å². The number of halogens is 1. The highest BCUT2D eigenvalue weighted by Gasteiger charge is 2.32. The number of hydrogen-bond acceptors (Lipinski definition) is 3. The molecule has 3 nitrogen and oxygen atoms in total. The van der Waals surface area contributed by atoms with Crippen molar-refractivity contribution in [3.8, 4) is 0 Å². The molecule has 1 aromatic carbocycles. The lowest BCUT2D eigenvalue weighted by atomic mass is 10.0. The zero-order valence-electron chi connectivity index (χ0n) is 13.7. The van der Waals surface area contributed by atoms with Crippen LogP contribution < -0.4 is 10.2 Å². The third-order valence-electron chi connectivity index (χ3n) is 3.65. The SMILES string of the molecule is CC(C)NCc1cc(Br)ccc1N1CC(C)OC(C)(C)C1. The molecular formula is C17H27BrN2O. The Labute approximate surface area is 137 Å². The van der Waals surface area contributed by atoms with Gasteiger partial charge in [0.05, 0.1) is 11.7 Å². The number of morpholine rings is 1. The zero-order chi connectivity index (χ0) is 15.6. The topological polar surface area (TPSA) is 24.5 Å². The normalized spacial score (nSPS) is 21.9. The molecule has 1 heterocycles. The van der Waals surface area contributed by atoms with E-state index >= 15 is 0 Å². The van der Waals surface area contributed by atoms with Gasteiger partial charge in [0.15, 0.2) is 0 Å². The van der Waals surface area contributed by atoms with Crippen molar-refractivity contribution in [2.75, 3.05) is 18.0 Å². The molecule has 0 spiro atoms. The third-order valence-corrected chi connectivity index (χ3v) is 4.15. The zero-order valence-corrected chi connectivity index (χ0v) is 15.3. The molecule has 1 aliphatic rings. The second-order valence-electron chi connectivity index (χ2n) is 6.88. The number of benzene rings is 1. The summed E-state index contributed by atoms with van der Waals surface area (Å²) in [5, 5.41) is 3.52. The second kappa shape index (κ2) is 6.67. The van der Waals surface area contributed by atoms with Crippen molar-refractivity contribution in [2.24, 2.45) is 0 Å². The summed E-state index contributed by atoms with van der Waals surface area (Å²) in [5.41, 5.74) is 2.55. The summed E-state index contributed by atoms with van der Waals surface area (Å²) in [5.74, 6) is 0. The molecule has 0 saturated carbocycles. The van der Waals surface area contributed by atoms with Gasteiger partial charge in [-0.15, -0.1) is 0 Å². The summed E-state index contributed by atoms with van der Waals surface area (Å²) in [4.78, 5) is 2.46. The first-order valence-electron chi connectivity index (χ1n) is 7.71. The number of anilines is 1. The molecule has 1 fully saturated rings. The van der Waals surface area contributed by atoms with Crippen LogP contribution in [0.4, 0.5) is 5.69 Å². The lowest BCUT2D eigenvalue weighted by Gasteiger charge is -2.43. The monoisotopic (exact) mass is 354 g/mol. The second-order valence-corrected chi connectivity index (χ2v) is 7.79. The number of nitrogens with zero attached hydrogens (tertiary/aromatic N) is 1. The quantitative estimate of drug-likeness (QED) is 0.885. The standard InChI is InChI=1S/C17H27BrN2O/c1-12(2)19-9-14-8-15(18)6-7-16(14)20-10-13(3)21-17(4,5)11-20/h6-8,12-13,19H,9-11H2,1-5H3. The van der Waals surface area contributed by atoms with Crippen LogP contribution in [0.5, 0.6) is 0 Å².